The molecule has 0 radical (unpaired) electrons. The van der Waals surface area contributed by atoms with E-state index in [1.54, 1.807) is 6.07 Å². The maximum absolute atomic E-state index is 13.0. The molecule has 2 unspecified atom stereocenters. The number of benzene rings is 3. The van der Waals surface area contributed by atoms with Crippen molar-refractivity contribution in [1.82, 2.24) is 9.88 Å². The molecule has 0 aliphatic heterocycles. The molecule has 0 bridgehead atoms. The first-order chi connectivity index (χ1) is 15.2. The van der Waals surface area contributed by atoms with Crippen molar-refractivity contribution < 1.29 is 28.5 Å². The molecule has 4 N–H and O–H groups in total. The molecule has 32 heavy (non-hydrogen) atoms. The van der Waals surface area contributed by atoms with Gasteiger partial charge in [-0.25, -0.2) is 0 Å². The first-order valence-electron chi connectivity index (χ1n) is 10.1. The van der Waals surface area contributed by atoms with Crippen LogP contribution in [-0.4, -0.2) is 39.1 Å². The third kappa shape index (κ3) is 4.22. The van der Waals surface area contributed by atoms with Crippen LogP contribution < -0.4 is 5.32 Å². The Balaban J connectivity index is 1.83. The summed E-state index contributed by atoms with van der Waals surface area (Å²) in [5.41, 5.74) is 3.10. The van der Waals surface area contributed by atoms with Gasteiger partial charge in [-0.2, -0.15) is 13.2 Å². The van der Waals surface area contributed by atoms with Crippen molar-refractivity contribution in [2.75, 3.05) is 13.2 Å². The van der Waals surface area contributed by atoms with Gasteiger partial charge in [-0.1, -0.05) is 17.7 Å². The minimum Gasteiger partial charge on any atom is -0.394 e. The second kappa shape index (κ2) is 8.55. The Hall–Kier alpha value is -2.91. The molecule has 0 aliphatic rings. The number of rotatable bonds is 6. The van der Waals surface area contributed by atoms with Crippen molar-refractivity contribution >= 4 is 21.8 Å². The van der Waals surface area contributed by atoms with E-state index in [0.717, 1.165) is 39.5 Å². The van der Waals surface area contributed by atoms with Crippen LogP contribution >= 0.6 is 0 Å². The molecule has 4 aromatic rings. The van der Waals surface area contributed by atoms with Gasteiger partial charge >= 0.3 is 6.18 Å². The zero-order valence-corrected chi connectivity index (χ0v) is 17.3. The third-order valence-corrected chi connectivity index (χ3v) is 5.47. The minimum atomic E-state index is -4.40. The molecule has 3 aromatic carbocycles. The Morgan fingerprint density at radius 2 is 1.53 bits per heavy atom. The quantitative estimate of drug-likeness (QED) is 0.339. The van der Waals surface area contributed by atoms with E-state index < -0.39 is 30.7 Å². The van der Waals surface area contributed by atoms with E-state index in [0.29, 0.717) is 11.3 Å². The van der Waals surface area contributed by atoms with E-state index in [-0.39, 0.29) is 6.54 Å². The molecule has 8 heteroatoms. The average Bonchev–Trinajstić information content (AvgIpc) is 3.09. The van der Waals surface area contributed by atoms with Gasteiger partial charge < -0.3 is 19.9 Å². The molecular formula is C24H23F3N2O3. The standard InChI is InChI=1S/C24H23F3N2O3/c1-14-2-8-21-19(10-14)20-11-15(23(32)28-12-18(31)13-30)3-9-22(20)29(21)17-6-4-16(5-7-17)24(25,26)27/h2-11,18,23,28,30-32H,12-13H2,1H3. The predicted molar refractivity (Wildman–Crippen MR) is 117 cm³/mol. The summed E-state index contributed by atoms with van der Waals surface area (Å²) in [5.74, 6) is 0. The summed E-state index contributed by atoms with van der Waals surface area (Å²) in [6.45, 7) is 1.55. The van der Waals surface area contributed by atoms with E-state index >= 15 is 0 Å². The molecule has 2 atom stereocenters. The molecule has 0 spiro atoms. The first-order valence-corrected chi connectivity index (χ1v) is 10.1. The normalized spacial score (nSPS) is 14.2. The van der Waals surface area contributed by atoms with E-state index in [1.807, 2.05) is 41.8 Å². The van der Waals surface area contributed by atoms with Crippen LogP contribution in [-0.2, 0) is 6.18 Å². The number of aliphatic hydroxyl groups is 3. The van der Waals surface area contributed by atoms with Crippen LogP contribution in [0.3, 0.4) is 0 Å². The molecule has 168 valence electrons. The largest absolute Gasteiger partial charge is 0.416 e. The fraction of sp³-hybridized carbons (Fsp3) is 0.250. The Bertz CT molecular complexity index is 1250. The highest BCUT2D eigenvalue weighted by Crippen LogP contribution is 2.35. The summed E-state index contributed by atoms with van der Waals surface area (Å²) in [7, 11) is 0. The van der Waals surface area contributed by atoms with Crippen molar-refractivity contribution in [3.63, 3.8) is 0 Å². The van der Waals surface area contributed by atoms with Crippen LogP contribution in [0.2, 0.25) is 0 Å². The van der Waals surface area contributed by atoms with Crippen LogP contribution in [0, 0.1) is 6.92 Å². The maximum atomic E-state index is 13.0. The molecule has 4 rings (SSSR count). The summed E-state index contributed by atoms with van der Waals surface area (Å²) in [6, 6.07) is 16.2. The molecule has 1 aromatic heterocycles. The van der Waals surface area contributed by atoms with Gasteiger partial charge in [0.2, 0.25) is 0 Å². The number of alkyl halides is 3. The highest BCUT2D eigenvalue weighted by Gasteiger charge is 2.30. The van der Waals surface area contributed by atoms with Gasteiger partial charge in [0, 0.05) is 23.0 Å². The smallest absolute Gasteiger partial charge is 0.394 e. The Morgan fingerprint density at radius 3 is 2.16 bits per heavy atom. The van der Waals surface area contributed by atoms with Crippen LogP contribution in [0.25, 0.3) is 27.5 Å². The first kappa shape index (κ1) is 22.3. The fourth-order valence-electron chi connectivity index (χ4n) is 3.83. The summed E-state index contributed by atoms with van der Waals surface area (Å²) in [4.78, 5) is 0. The predicted octanol–water partition coefficient (Wildman–Crippen LogP) is 4.04. The van der Waals surface area contributed by atoms with E-state index in [9.17, 15) is 23.4 Å². The van der Waals surface area contributed by atoms with Gasteiger partial charge in [0.15, 0.2) is 0 Å². The molecule has 0 saturated heterocycles. The van der Waals surface area contributed by atoms with Crippen LogP contribution in [0.4, 0.5) is 13.2 Å². The second-order valence-electron chi connectivity index (χ2n) is 7.82. The minimum absolute atomic E-state index is 0.0160. The summed E-state index contributed by atoms with van der Waals surface area (Å²) in [5, 5.41) is 33.4. The van der Waals surface area contributed by atoms with Crippen LogP contribution in [0.15, 0.2) is 60.7 Å². The molecule has 0 saturated carbocycles. The zero-order valence-electron chi connectivity index (χ0n) is 17.3. The SMILES string of the molecule is Cc1ccc2c(c1)c1cc(C(O)NCC(O)CO)ccc1n2-c1ccc(C(F)(F)F)cc1. The molecule has 1 heterocycles. The number of aromatic nitrogens is 1. The van der Waals surface area contributed by atoms with Crippen molar-refractivity contribution in [1.29, 1.82) is 0 Å². The van der Waals surface area contributed by atoms with Crippen molar-refractivity contribution in [3.05, 3.63) is 77.4 Å². The van der Waals surface area contributed by atoms with E-state index in [2.05, 4.69) is 5.32 Å². The van der Waals surface area contributed by atoms with Gasteiger partial charge in [-0.05, 0) is 61.0 Å². The Morgan fingerprint density at radius 1 is 0.906 bits per heavy atom. The zero-order chi connectivity index (χ0) is 23.0. The lowest BCUT2D eigenvalue weighted by molar-refractivity contribution is -0.137. The van der Waals surface area contributed by atoms with Gasteiger partial charge in [-0.15, -0.1) is 0 Å². The Labute approximate surface area is 182 Å². The van der Waals surface area contributed by atoms with Crippen molar-refractivity contribution in [2.24, 2.45) is 0 Å². The molecule has 0 amide bonds. The lowest BCUT2D eigenvalue weighted by atomic mass is 10.1. The van der Waals surface area contributed by atoms with E-state index in [1.165, 1.54) is 12.1 Å². The van der Waals surface area contributed by atoms with Gasteiger partial charge in [0.05, 0.1) is 29.3 Å². The Kier molecular flexibility index (Phi) is 5.96. The summed E-state index contributed by atoms with van der Waals surface area (Å²) >= 11 is 0. The van der Waals surface area contributed by atoms with Crippen molar-refractivity contribution in [2.45, 2.75) is 25.4 Å². The highest BCUT2D eigenvalue weighted by molar-refractivity contribution is 6.09. The number of halogens is 3. The number of aryl methyl sites for hydroxylation is 1. The third-order valence-electron chi connectivity index (χ3n) is 5.47. The maximum Gasteiger partial charge on any atom is 0.416 e. The molecule has 0 fully saturated rings. The second-order valence-corrected chi connectivity index (χ2v) is 7.82. The highest BCUT2D eigenvalue weighted by atomic mass is 19.4. The molecule has 5 nitrogen and oxygen atoms in total. The fourth-order valence-corrected chi connectivity index (χ4v) is 3.83. The lowest BCUT2D eigenvalue weighted by Gasteiger charge is -2.16. The van der Waals surface area contributed by atoms with Gasteiger partial charge in [0.25, 0.3) is 0 Å². The number of nitrogens with zero attached hydrogens (tertiary/aromatic N) is 1. The summed E-state index contributed by atoms with van der Waals surface area (Å²) in [6.07, 6.45) is -6.45. The average molecular weight is 444 g/mol. The summed E-state index contributed by atoms with van der Waals surface area (Å²) < 4.78 is 40.9. The number of hydrogen-bond donors (Lipinski definition) is 4. The molecular weight excluding hydrogens is 421 g/mol. The number of aliphatic hydroxyl groups excluding tert-OH is 3. The number of hydrogen-bond acceptors (Lipinski definition) is 4. The lowest BCUT2D eigenvalue weighted by Crippen LogP contribution is -2.32. The van der Waals surface area contributed by atoms with Gasteiger partial charge in [-0.3, -0.25) is 5.32 Å². The van der Waals surface area contributed by atoms with Crippen LogP contribution in [0.5, 0.6) is 0 Å². The number of nitrogens with one attached hydrogen (secondary N) is 1. The monoisotopic (exact) mass is 444 g/mol. The van der Waals surface area contributed by atoms with Crippen molar-refractivity contribution in [3.8, 4) is 5.69 Å². The van der Waals surface area contributed by atoms with Crippen LogP contribution in [0.1, 0.15) is 22.9 Å². The molecule has 0 aliphatic carbocycles. The van der Waals surface area contributed by atoms with E-state index in [4.69, 9.17) is 5.11 Å². The van der Waals surface area contributed by atoms with Gasteiger partial charge in [0.1, 0.15) is 6.23 Å². The number of fused-ring (bicyclic) bond motifs is 3. The topological polar surface area (TPSA) is 77.7 Å².